The molecule has 2 aliphatic rings. The summed E-state index contributed by atoms with van der Waals surface area (Å²) >= 11 is 0. The molecule has 0 amide bonds. The summed E-state index contributed by atoms with van der Waals surface area (Å²) in [5.41, 5.74) is 2.57. The van der Waals surface area contributed by atoms with Crippen molar-refractivity contribution in [1.29, 1.82) is 0 Å². The smallest absolute Gasteiger partial charge is 0.509 e. The molecular formula is C18H24ClNO5. The highest BCUT2D eigenvalue weighted by molar-refractivity contribution is 5.85. The van der Waals surface area contributed by atoms with E-state index < -0.39 is 6.16 Å². The molecular weight excluding hydrogens is 346 g/mol. The Morgan fingerprint density at radius 1 is 1.24 bits per heavy atom. The quantitative estimate of drug-likeness (QED) is 0.797. The van der Waals surface area contributed by atoms with E-state index in [0.717, 1.165) is 25.0 Å². The Bertz CT molecular complexity index is 661. The second-order valence-corrected chi connectivity index (χ2v) is 6.19. The van der Waals surface area contributed by atoms with Crippen LogP contribution in [0, 0.1) is 5.92 Å². The first kappa shape index (κ1) is 19.4. The van der Waals surface area contributed by atoms with Crippen LogP contribution in [-0.4, -0.2) is 38.1 Å². The fraction of sp³-hybridized carbons (Fsp3) is 0.500. The summed E-state index contributed by atoms with van der Waals surface area (Å²) in [5, 5.41) is 13.6. The van der Waals surface area contributed by atoms with Crippen LogP contribution in [0.1, 0.15) is 24.0 Å². The number of aryl methyl sites for hydroxylation is 1. The first-order chi connectivity index (χ1) is 11.6. The third-order valence-electron chi connectivity index (χ3n) is 4.80. The molecule has 2 atom stereocenters. The number of hydrogen-bond donors (Lipinski definition) is 2. The van der Waals surface area contributed by atoms with Crippen molar-refractivity contribution in [2.75, 3.05) is 20.8 Å². The molecule has 6 nitrogen and oxygen atoms in total. The zero-order valence-corrected chi connectivity index (χ0v) is 15.2. The summed E-state index contributed by atoms with van der Waals surface area (Å²) in [4.78, 5) is 11.5. The van der Waals surface area contributed by atoms with Gasteiger partial charge in [0.15, 0.2) is 5.76 Å². The number of benzene rings is 1. The van der Waals surface area contributed by atoms with Crippen LogP contribution in [-0.2, 0) is 22.3 Å². The lowest BCUT2D eigenvalue weighted by atomic mass is 9.78. The number of aliphatic hydroxyl groups is 1. The van der Waals surface area contributed by atoms with Crippen LogP contribution >= 0.6 is 12.4 Å². The summed E-state index contributed by atoms with van der Waals surface area (Å²) in [6.45, 7) is 0.659. The monoisotopic (exact) mass is 369 g/mol. The standard InChI is InChI=1S/C18H23NO5.ClH/c1-22-14-6-5-11-3-4-12(9-13(11)10-14)16-17(24-18(21)23-2)15(20)7-8-19-16;/h5-6,10,12,16,19-20H,3-4,7-9H2,1-2H3;1H. The fourth-order valence-electron chi connectivity index (χ4n) is 3.55. The highest BCUT2D eigenvalue weighted by Gasteiger charge is 2.35. The van der Waals surface area contributed by atoms with Crippen LogP contribution in [0.3, 0.4) is 0 Å². The van der Waals surface area contributed by atoms with Crippen LogP contribution < -0.4 is 10.1 Å². The Balaban J connectivity index is 0.00000225. The molecule has 1 aliphatic heterocycles. The van der Waals surface area contributed by atoms with Gasteiger partial charge < -0.3 is 24.6 Å². The molecule has 0 bridgehead atoms. The maximum absolute atomic E-state index is 11.5. The van der Waals surface area contributed by atoms with Crippen molar-refractivity contribution in [1.82, 2.24) is 5.32 Å². The summed E-state index contributed by atoms with van der Waals surface area (Å²) in [6, 6.07) is 5.96. The first-order valence-electron chi connectivity index (χ1n) is 8.19. The lowest BCUT2D eigenvalue weighted by molar-refractivity contribution is 0.0774. The normalized spacial score (nSPS) is 22.5. The van der Waals surface area contributed by atoms with Gasteiger partial charge >= 0.3 is 6.16 Å². The van der Waals surface area contributed by atoms with E-state index in [9.17, 15) is 9.90 Å². The van der Waals surface area contributed by atoms with Crippen LogP contribution in [0.4, 0.5) is 4.79 Å². The second-order valence-electron chi connectivity index (χ2n) is 6.19. The Kier molecular flexibility index (Phi) is 6.56. The van der Waals surface area contributed by atoms with Gasteiger partial charge in [0, 0.05) is 13.0 Å². The van der Waals surface area contributed by atoms with Crippen LogP contribution in [0.2, 0.25) is 0 Å². The maximum atomic E-state index is 11.5. The number of methoxy groups -OCH3 is 2. The molecule has 138 valence electrons. The Morgan fingerprint density at radius 3 is 2.76 bits per heavy atom. The van der Waals surface area contributed by atoms with E-state index in [2.05, 4.69) is 22.2 Å². The number of carbonyl (C=O) groups excluding carboxylic acids is 1. The van der Waals surface area contributed by atoms with E-state index in [0.29, 0.717) is 18.7 Å². The van der Waals surface area contributed by atoms with Crippen LogP contribution in [0.25, 0.3) is 0 Å². The van der Waals surface area contributed by atoms with Gasteiger partial charge in [-0.25, -0.2) is 4.79 Å². The van der Waals surface area contributed by atoms with Crippen molar-refractivity contribution in [3.63, 3.8) is 0 Å². The molecule has 0 fully saturated rings. The van der Waals surface area contributed by atoms with Crippen molar-refractivity contribution >= 4 is 18.6 Å². The zero-order chi connectivity index (χ0) is 17.1. The van der Waals surface area contributed by atoms with Crippen molar-refractivity contribution in [2.45, 2.75) is 31.7 Å². The zero-order valence-electron chi connectivity index (χ0n) is 14.4. The molecule has 0 spiro atoms. The molecule has 1 heterocycles. The van der Waals surface area contributed by atoms with Gasteiger partial charge in [-0.3, -0.25) is 0 Å². The number of hydrogen-bond acceptors (Lipinski definition) is 6. The molecule has 1 aliphatic carbocycles. The molecule has 7 heteroatoms. The average Bonchev–Trinajstić information content (AvgIpc) is 2.62. The molecule has 0 radical (unpaired) electrons. The molecule has 0 saturated heterocycles. The third kappa shape index (κ3) is 4.19. The lowest BCUT2D eigenvalue weighted by Gasteiger charge is -2.35. The molecule has 1 aromatic rings. The number of carbonyl (C=O) groups is 1. The number of halogens is 1. The fourth-order valence-corrected chi connectivity index (χ4v) is 3.55. The minimum Gasteiger partial charge on any atom is -0.509 e. The van der Waals surface area contributed by atoms with E-state index in [1.807, 2.05) is 6.07 Å². The van der Waals surface area contributed by atoms with Gasteiger partial charge in [-0.15, -0.1) is 12.4 Å². The van der Waals surface area contributed by atoms with Crippen molar-refractivity contribution in [2.24, 2.45) is 5.92 Å². The van der Waals surface area contributed by atoms with E-state index >= 15 is 0 Å². The van der Waals surface area contributed by atoms with Gasteiger partial charge in [-0.2, -0.15) is 0 Å². The number of aliphatic hydroxyl groups excluding tert-OH is 1. The highest BCUT2D eigenvalue weighted by atomic mass is 35.5. The highest BCUT2D eigenvalue weighted by Crippen LogP contribution is 2.34. The van der Waals surface area contributed by atoms with E-state index in [1.54, 1.807) is 7.11 Å². The molecule has 3 rings (SSSR count). The maximum Gasteiger partial charge on any atom is 0.513 e. The van der Waals surface area contributed by atoms with Crippen molar-refractivity contribution in [3.05, 3.63) is 40.8 Å². The van der Waals surface area contributed by atoms with Crippen molar-refractivity contribution in [3.8, 4) is 5.75 Å². The predicted molar refractivity (Wildman–Crippen MR) is 95.3 cm³/mol. The largest absolute Gasteiger partial charge is 0.513 e. The van der Waals surface area contributed by atoms with E-state index in [-0.39, 0.29) is 30.1 Å². The summed E-state index contributed by atoms with van der Waals surface area (Å²) in [7, 11) is 2.92. The van der Waals surface area contributed by atoms with Crippen LogP contribution in [0.15, 0.2) is 29.7 Å². The summed E-state index contributed by atoms with van der Waals surface area (Å²) < 4.78 is 15.1. The number of ether oxygens (including phenoxy) is 3. The van der Waals surface area contributed by atoms with Gasteiger partial charge in [0.1, 0.15) is 11.5 Å². The van der Waals surface area contributed by atoms with Crippen LogP contribution in [0.5, 0.6) is 5.75 Å². The molecule has 25 heavy (non-hydrogen) atoms. The average molecular weight is 370 g/mol. The molecule has 0 aromatic heterocycles. The number of fused-ring (bicyclic) bond motifs is 1. The molecule has 2 N–H and O–H groups in total. The lowest BCUT2D eigenvalue weighted by Crippen LogP contribution is -2.45. The van der Waals surface area contributed by atoms with Gasteiger partial charge in [-0.05, 0) is 48.4 Å². The van der Waals surface area contributed by atoms with Gasteiger partial charge in [0.05, 0.1) is 20.3 Å². The second kappa shape index (κ2) is 8.45. The van der Waals surface area contributed by atoms with E-state index in [1.165, 1.54) is 18.2 Å². The summed E-state index contributed by atoms with van der Waals surface area (Å²) in [6.07, 6.45) is 2.39. The van der Waals surface area contributed by atoms with Gasteiger partial charge in [-0.1, -0.05) is 6.07 Å². The SMILES string of the molecule is COC(=O)OC1=C(O)CCNC1C1CCc2ccc(OC)cc2C1.Cl. The Labute approximate surface area is 153 Å². The predicted octanol–water partition coefficient (Wildman–Crippen LogP) is 3.14. The number of rotatable bonds is 3. The minimum atomic E-state index is -0.803. The summed E-state index contributed by atoms with van der Waals surface area (Å²) in [5.74, 6) is 1.49. The number of nitrogens with one attached hydrogen (secondary N) is 1. The van der Waals surface area contributed by atoms with E-state index in [4.69, 9.17) is 9.47 Å². The van der Waals surface area contributed by atoms with Gasteiger partial charge in [0.2, 0.25) is 0 Å². The molecule has 0 saturated carbocycles. The van der Waals surface area contributed by atoms with Crippen molar-refractivity contribution < 1.29 is 24.1 Å². The first-order valence-corrected chi connectivity index (χ1v) is 8.19. The Hall–Kier alpha value is -1.92. The van der Waals surface area contributed by atoms with Gasteiger partial charge in [0.25, 0.3) is 0 Å². The minimum absolute atomic E-state index is 0. The molecule has 2 unspecified atom stereocenters. The topological polar surface area (TPSA) is 77.0 Å². The molecule has 1 aromatic carbocycles. The Morgan fingerprint density at radius 2 is 2.04 bits per heavy atom. The third-order valence-corrected chi connectivity index (χ3v) is 4.80.